The quantitative estimate of drug-likeness (QED) is 0.307. The van der Waals surface area contributed by atoms with Crippen molar-refractivity contribution in [2.45, 2.75) is 23.2 Å². The van der Waals surface area contributed by atoms with E-state index in [1.807, 2.05) is 30.3 Å². The van der Waals surface area contributed by atoms with Crippen LogP contribution in [0, 0.1) is 0 Å². The van der Waals surface area contributed by atoms with Gasteiger partial charge in [-0.1, -0.05) is 53.2 Å². The Hall–Kier alpha value is -3.25. The summed E-state index contributed by atoms with van der Waals surface area (Å²) in [5.74, 6) is -1.25. The number of carboxylic acid groups (broad SMARTS) is 1. The molecular weight excluding hydrogens is 500 g/mol. The molecule has 0 saturated heterocycles. The smallest absolute Gasteiger partial charge is 0.328 e. The number of thiophene rings is 1. The fraction of sp³-hybridized carbons (Fsp3) is 0.136. The minimum Gasteiger partial charge on any atom is -0.506 e. The molecule has 0 saturated carbocycles. The van der Waals surface area contributed by atoms with Gasteiger partial charge in [-0.2, -0.15) is 0 Å². The zero-order valence-electron chi connectivity index (χ0n) is 17.5. The fourth-order valence-corrected chi connectivity index (χ4v) is 5.76. The Balaban J connectivity index is 1.45. The van der Waals surface area contributed by atoms with Crippen molar-refractivity contribution in [1.29, 1.82) is 0 Å². The third-order valence-corrected chi connectivity index (χ3v) is 8.28. The van der Waals surface area contributed by atoms with Gasteiger partial charge in [0.2, 0.25) is 10.0 Å². The number of aromatic hydroxyl groups is 1. The maximum absolute atomic E-state index is 12.7. The Labute approximate surface area is 204 Å². The van der Waals surface area contributed by atoms with Crippen LogP contribution >= 0.6 is 22.9 Å². The van der Waals surface area contributed by atoms with Crippen LogP contribution < -0.4 is 4.72 Å². The molecule has 0 aliphatic heterocycles. The molecule has 12 heteroatoms. The monoisotopic (exact) mass is 518 g/mol. The molecule has 34 heavy (non-hydrogen) atoms. The van der Waals surface area contributed by atoms with E-state index < -0.39 is 22.0 Å². The van der Waals surface area contributed by atoms with Crippen molar-refractivity contribution < 1.29 is 23.4 Å². The Kier molecular flexibility index (Phi) is 6.98. The molecule has 0 spiro atoms. The molecular formula is C22H19ClN4O5S2. The lowest BCUT2D eigenvalue weighted by Gasteiger charge is -2.12. The summed E-state index contributed by atoms with van der Waals surface area (Å²) in [4.78, 5) is 12.6. The molecule has 4 rings (SSSR count). The number of nitrogens with one attached hydrogen (secondary N) is 1. The van der Waals surface area contributed by atoms with Crippen LogP contribution in [0.25, 0.3) is 10.4 Å². The van der Waals surface area contributed by atoms with Gasteiger partial charge in [-0.05, 0) is 35.4 Å². The molecule has 9 nitrogen and oxygen atoms in total. The van der Waals surface area contributed by atoms with Gasteiger partial charge >= 0.3 is 5.97 Å². The molecule has 2 aromatic heterocycles. The largest absolute Gasteiger partial charge is 0.506 e. The minimum atomic E-state index is -3.79. The van der Waals surface area contributed by atoms with Crippen LogP contribution in [0.2, 0.25) is 5.02 Å². The van der Waals surface area contributed by atoms with Gasteiger partial charge in [-0.25, -0.2) is 22.6 Å². The Bertz CT molecular complexity index is 1420. The first-order valence-electron chi connectivity index (χ1n) is 9.99. The highest BCUT2D eigenvalue weighted by atomic mass is 35.5. The van der Waals surface area contributed by atoms with Crippen molar-refractivity contribution in [3.63, 3.8) is 0 Å². The van der Waals surface area contributed by atoms with E-state index in [9.17, 15) is 23.4 Å². The van der Waals surface area contributed by atoms with E-state index in [0.717, 1.165) is 26.5 Å². The van der Waals surface area contributed by atoms with Crippen molar-refractivity contribution in [2.24, 2.45) is 0 Å². The Morgan fingerprint density at radius 3 is 2.62 bits per heavy atom. The molecule has 0 fully saturated rings. The molecule has 0 aliphatic rings. The number of hydrogen-bond donors (Lipinski definition) is 3. The number of benzene rings is 2. The molecule has 1 atom stereocenters. The Morgan fingerprint density at radius 1 is 1.15 bits per heavy atom. The van der Waals surface area contributed by atoms with Gasteiger partial charge in [0.25, 0.3) is 0 Å². The lowest BCUT2D eigenvalue weighted by Crippen LogP contribution is -2.23. The van der Waals surface area contributed by atoms with Crippen molar-refractivity contribution in [1.82, 2.24) is 19.7 Å². The standard InChI is InChI=1S/C22H19ClN4O5S2/c23-17-10-14(6-7-19(17)28)11-18(22(29)30)27-13-16(25-26-27)12-24-34(31,32)21-9-8-20(33-21)15-4-2-1-3-5-15/h1-10,13,18,24,28H,11-12H2,(H,29,30). The molecule has 176 valence electrons. The predicted molar refractivity (Wildman–Crippen MR) is 127 cm³/mol. The number of halogens is 1. The van der Waals surface area contributed by atoms with Gasteiger partial charge in [0.1, 0.15) is 9.96 Å². The Morgan fingerprint density at radius 2 is 1.91 bits per heavy atom. The van der Waals surface area contributed by atoms with Crippen LogP contribution in [-0.4, -0.2) is 39.6 Å². The molecule has 0 bridgehead atoms. The van der Waals surface area contributed by atoms with Crippen LogP contribution in [-0.2, 0) is 27.8 Å². The van der Waals surface area contributed by atoms with Gasteiger partial charge in [-0.3, -0.25) is 0 Å². The second kappa shape index (κ2) is 9.94. The lowest BCUT2D eigenvalue weighted by molar-refractivity contribution is -0.141. The maximum Gasteiger partial charge on any atom is 0.328 e. The van der Waals surface area contributed by atoms with Gasteiger partial charge in [-0.15, -0.1) is 16.4 Å². The fourth-order valence-electron chi connectivity index (χ4n) is 3.20. The van der Waals surface area contributed by atoms with E-state index in [-0.39, 0.29) is 33.6 Å². The number of aliphatic carboxylic acids is 1. The summed E-state index contributed by atoms with van der Waals surface area (Å²) in [5.41, 5.74) is 1.77. The molecule has 0 aliphatic carbocycles. The number of nitrogens with zero attached hydrogens (tertiary/aromatic N) is 3. The molecule has 0 amide bonds. The van der Waals surface area contributed by atoms with Crippen molar-refractivity contribution in [2.75, 3.05) is 0 Å². The number of carboxylic acids is 1. The molecule has 4 aromatic rings. The van der Waals surface area contributed by atoms with Gasteiger partial charge in [0.05, 0.1) is 23.5 Å². The highest BCUT2D eigenvalue weighted by molar-refractivity contribution is 7.91. The number of hydrogen-bond acceptors (Lipinski definition) is 7. The summed E-state index contributed by atoms with van der Waals surface area (Å²) in [6.45, 7) is -0.154. The van der Waals surface area contributed by atoms with E-state index in [0.29, 0.717) is 5.56 Å². The van der Waals surface area contributed by atoms with Crippen LogP contribution in [0.1, 0.15) is 17.3 Å². The van der Waals surface area contributed by atoms with Gasteiger partial charge in [0, 0.05) is 11.3 Å². The highest BCUT2D eigenvalue weighted by Gasteiger charge is 2.23. The van der Waals surface area contributed by atoms with Crippen LogP contribution in [0.4, 0.5) is 0 Å². The maximum atomic E-state index is 12.7. The number of rotatable bonds is 9. The number of aromatic nitrogens is 3. The molecule has 2 heterocycles. The third kappa shape index (κ3) is 5.45. The number of phenols is 1. The highest BCUT2D eigenvalue weighted by Crippen LogP contribution is 2.30. The van der Waals surface area contributed by atoms with Gasteiger partial charge in [0.15, 0.2) is 6.04 Å². The van der Waals surface area contributed by atoms with Gasteiger partial charge < -0.3 is 10.2 Å². The van der Waals surface area contributed by atoms with Crippen molar-refractivity contribution in [3.05, 3.63) is 83.1 Å². The van der Waals surface area contributed by atoms with Crippen LogP contribution in [0.3, 0.4) is 0 Å². The summed E-state index contributed by atoms with van der Waals surface area (Å²) in [7, 11) is -3.79. The zero-order valence-corrected chi connectivity index (χ0v) is 19.9. The summed E-state index contributed by atoms with van der Waals surface area (Å²) < 4.78 is 29.2. The first kappa shape index (κ1) is 23.9. The number of sulfonamides is 1. The first-order chi connectivity index (χ1) is 16.2. The van der Waals surface area contributed by atoms with E-state index >= 15 is 0 Å². The first-order valence-corrected chi connectivity index (χ1v) is 12.7. The zero-order chi connectivity index (χ0) is 24.3. The third-order valence-electron chi connectivity index (χ3n) is 4.95. The number of carbonyl (C=O) groups is 1. The van der Waals surface area contributed by atoms with Crippen LogP contribution in [0.5, 0.6) is 5.75 Å². The topological polar surface area (TPSA) is 134 Å². The van der Waals surface area contributed by atoms with Crippen LogP contribution in [0.15, 0.2) is 71.1 Å². The predicted octanol–water partition coefficient (Wildman–Crippen LogP) is 3.71. The molecule has 0 radical (unpaired) electrons. The lowest BCUT2D eigenvalue weighted by atomic mass is 10.1. The minimum absolute atomic E-state index is 0.0430. The average Bonchev–Trinajstić information content (AvgIpc) is 3.49. The van der Waals surface area contributed by atoms with E-state index in [2.05, 4.69) is 15.0 Å². The molecule has 3 N–H and O–H groups in total. The van der Waals surface area contributed by atoms with E-state index in [1.165, 1.54) is 24.4 Å². The molecule has 1 unspecified atom stereocenters. The second-order valence-electron chi connectivity index (χ2n) is 7.34. The van der Waals surface area contributed by atoms with E-state index in [4.69, 9.17) is 11.6 Å². The van der Waals surface area contributed by atoms with Crippen molar-refractivity contribution in [3.8, 4) is 16.2 Å². The summed E-state index contributed by atoms with van der Waals surface area (Å²) in [6.07, 6.45) is 1.43. The SMILES string of the molecule is O=C(O)C(Cc1ccc(O)c(Cl)c1)n1cc(CNS(=O)(=O)c2ccc(-c3ccccc3)s2)nn1. The normalized spacial score (nSPS) is 12.5. The van der Waals surface area contributed by atoms with Crippen molar-refractivity contribution >= 4 is 38.9 Å². The second-order valence-corrected chi connectivity index (χ2v) is 10.8. The summed E-state index contributed by atoms with van der Waals surface area (Å²) in [5, 5.41) is 27.1. The average molecular weight is 519 g/mol. The number of phenolic OH excluding ortho intramolecular Hbond substituents is 1. The summed E-state index contributed by atoms with van der Waals surface area (Å²) >= 11 is 7.05. The summed E-state index contributed by atoms with van der Waals surface area (Å²) in [6, 6.07) is 16.1. The van der Waals surface area contributed by atoms with E-state index in [1.54, 1.807) is 12.1 Å². The molecule has 2 aromatic carbocycles.